The van der Waals surface area contributed by atoms with E-state index in [0.717, 1.165) is 15.5 Å². The maximum Gasteiger partial charge on any atom is 0.234 e. The Hall–Kier alpha value is -2.18. The number of amides is 1. The molecule has 1 N–H and O–H groups in total. The van der Waals surface area contributed by atoms with Gasteiger partial charge in [0.15, 0.2) is 4.34 Å². The Bertz CT molecular complexity index is 804. The lowest BCUT2D eigenvalue weighted by atomic mass is 9.97. The van der Waals surface area contributed by atoms with E-state index in [1.165, 1.54) is 28.7 Å². The first kappa shape index (κ1) is 17.6. The van der Waals surface area contributed by atoms with Gasteiger partial charge in [-0.25, -0.2) is 0 Å². The fraction of sp³-hybridized carbons (Fsp3) is 0.211. The van der Waals surface area contributed by atoms with Gasteiger partial charge in [0.2, 0.25) is 5.91 Å². The zero-order valence-electron chi connectivity index (χ0n) is 14.0. The second-order valence-electron chi connectivity index (χ2n) is 5.73. The Kier molecular flexibility index (Phi) is 5.83. The van der Waals surface area contributed by atoms with Gasteiger partial charge in [-0.2, -0.15) is 0 Å². The van der Waals surface area contributed by atoms with Crippen LogP contribution in [0, 0.1) is 6.92 Å². The number of carbonyl (C=O) groups is 1. The predicted molar refractivity (Wildman–Crippen MR) is 103 cm³/mol. The maximum absolute atomic E-state index is 12.7. The van der Waals surface area contributed by atoms with Crippen molar-refractivity contribution in [3.63, 3.8) is 0 Å². The Balaban J connectivity index is 1.79. The molecule has 0 aliphatic heterocycles. The summed E-state index contributed by atoms with van der Waals surface area (Å²) in [6.07, 6.45) is 0. The summed E-state index contributed by atoms with van der Waals surface area (Å²) in [5.74, 6) is -0.0189. The molecule has 2 atom stereocenters. The molecule has 0 radical (unpaired) electrons. The number of hydrogen-bond acceptors (Lipinski definition) is 5. The molecule has 0 saturated carbocycles. The minimum atomic E-state index is -0.246. The van der Waals surface area contributed by atoms with E-state index in [9.17, 15) is 4.79 Å². The first-order chi connectivity index (χ1) is 12.1. The van der Waals surface area contributed by atoms with Gasteiger partial charge in [-0.15, -0.1) is 10.2 Å². The number of rotatable bonds is 6. The number of nitrogens with zero attached hydrogens (tertiary/aromatic N) is 2. The number of thioether (sulfide) groups is 1. The molecule has 2 aromatic carbocycles. The van der Waals surface area contributed by atoms with Gasteiger partial charge in [-0.3, -0.25) is 4.79 Å². The van der Waals surface area contributed by atoms with Crippen LogP contribution in [0.4, 0.5) is 0 Å². The van der Waals surface area contributed by atoms with Gasteiger partial charge in [0.05, 0.1) is 11.3 Å². The highest BCUT2D eigenvalue weighted by Gasteiger charge is 2.22. The normalized spacial score (nSPS) is 13.2. The van der Waals surface area contributed by atoms with Crippen molar-refractivity contribution in [3.05, 3.63) is 76.8 Å². The highest BCUT2D eigenvalue weighted by Crippen LogP contribution is 2.27. The highest BCUT2D eigenvalue weighted by atomic mass is 32.2. The van der Waals surface area contributed by atoms with Crippen molar-refractivity contribution in [2.45, 2.75) is 29.5 Å². The third-order valence-electron chi connectivity index (χ3n) is 3.82. The summed E-state index contributed by atoms with van der Waals surface area (Å²) in [5.41, 5.74) is 5.00. The fourth-order valence-electron chi connectivity index (χ4n) is 2.44. The lowest BCUT2D eigenvalue weighted by Crippen LogP contribution is -2.34. The van der Waals surface area contributed by atoms with E-state index < -0.39 is 0 Å². The maximum atomic E-state index is 12.7. The largest absolute Gasteiger partial charge is 0.344 e. The van der Waals surface area contributed by atoms with Crippen molar-refractivity contribution in [2.24, 2.45) is 0 Å². The first-order valence-electron chi connectivity index (χ1n) is 7.98. The van der Waals surface area contributed by atoms with Crippen LogP contribution in [0.3, 0.4) is 0 Å². The molecule has 4 nitrogen and oxygen atoms in total. The van der Waals surface area contributed by atoms with Crippen molar-refractivity contribution in [3.8, 4) is 0 Å². The van der Waals surface area contributed by atoms with E-state index in [1.54, 1.807) is 5.51 Å². The molecule has 1 heterocycles. The van der Waals surface area contributed by atoms with Crippen LogP contribution in [-0.2, 0) is 4.79 Å². The van der Waals surface area contributed by atoms with Crippen molar-refractivity contribution < 1.29 is 4.79 Å². The Morgan fingerprint density at radius 3 is 2.40 bits per heavy atom. The molecule has 3 rings (SSSR count). The number of aryl methyl sites for hydroxylation is 1. The Morgan fingerprint density at radius 1 is 1.08 bits per heavy atom. The topological polar surface area (TPSA) is 54.9 Å². The summed E-state index contributed by atoms with van der Waals surface area (Å²) in [7, 11) is 0. The van der Waals surface area contributed by atoms with Crippen LogP contribution in [0.15, 0.2) is 64.4 Å². The molecular formula is C19H19N3OS2. The molecule has 0 saturated heterocycles. The summed E-state index contributed by atoms with van der Waals surface area (Å²) >= 11 is 2.87. The molecule has 128 valence electrons. The molecule has 0 unspecified atom stereocenters. The van der Waals surface area contributed by atoms with Crippen LogP contribution in [0.25, 0.3) is 0 Å². The number of nitrogens with one attached hydrogen (secondary N) is 1. The SMILES string of the molecule is Cc1ccc([C@@H](NC(=O)[C@H](C)Sc2nncs2)c2ccccc2)cc1. The number of hydrogen-bond donors (Lipinski definition) is 1. The molecule has 25 heavy (non-hydrogen) atoms. The first-order valence-corrected chi connectivity index (χ1v) is 9.74. The second kappa shape index (κ2) is 8.27. The standard InChI is InChI=1S/C19H19N3OS2/c1-13-8-10-16(11-9-13)17(15-6-4-3-5-7-15)21-18(23)14(2)25-19-22-20-12-24-19/h3-12,14,17H,1-2H3,(H,21,23)/t14-,17-/m0/s1. The fourth-order valence-corrected chi connectivity index (χ4v) is 4.08. The van der Waals surface area contributed by atoms with Gasteiger partial charge in [-0.05, 0) is 25.0 Å². The van der Waals surface area contributed by atoms with Crippen molar-refractivity contribution in [1.82, 2.24) is 15.5 Å². The van der Waals surface area contributed by atoms with Crippen LogP contribution in [0.1, 0.15) is 29.7 Å². The van der Waals surface area contributed by atoms with Crippen LogP contribution in [-0.4, -0.2) is 21.4 Å². The van der Waals surface area contributed by atoms with Crippen LogP contribution < -0.4 is 5.32 Å². The smallest absolute Gasteiger partial charge is 0.234 e. The van der Waals surface area contributed by atoms with E-state index in [-0.39, 0.29) is 17.2 Å². The van der Waals surface area contributed by atoms with Gasteiger partial charge in [0, 0.05) is 0 Å². The van der Waals surface area contributed by atoms with Gasteiger partial charge in [0.1, 0.15) is 5.51 Å². The minimum Gasteiger partial charge on any atom is -0.344 e. The highest BCUT2D eigenvalue weighted by molar-refractivity contribution is 8.02. The molecule has 0 bridgehead atoms. The summed E-state index contributed by atoms with van der Waals surface area (Å²) < 4.78 is 0.800. The summed E-state index contributed by atoms with van der Waals surface area (Å²) in [5, 5.41) is 10.7. The molecule has 0 fully saturated rings. The van der Waals surface area contributed by atoms with E-state index in [1.807, 2.05) is 37.3 Å². The van der Waals surface area contributed by atoms with Crippen molar-refractivity contribution >= 4 is 29.0 Å². The average Bonchev–Trinajstić information content (AvgIpc) is 3.14. The molecule has 0 aliphatic carbocycles. The van der Waals surface area contributed by atoms with Crippen molar-refractivity contribution in [2.75, 3.05) is 0 Å². The lowest BCUT2D eigenvalue weighted by Gasteiger charge is -2.22. The molecule has 3 aromatic rings. The number of benzene rings is 2. The van der Waals surface area contributed by atoms with Crippen molar-refractivity contribution in [1.29, 1.82) is 0 Å². The van der Waals surface area contributed by atoms with Gasteiger partial charge in [0.25, 0.3) is 0 Å². The monoisotopic (exact) mass is 369 g/mol. The van der Waals surface area contributed by atoms with Crippen LogP contribution in [0.2, 0.25) is 0 Å². The van der Waals surface area contributed by atoms with E-state index in [4.69, 9.17) is 0 Å². The van der Waals surface area contributed by atoms with E-state index in [2.05, 4.69) is 46.7 Å². The predicted octanol–water partition coefficient (Wildman–Crippen LogP) is 4.23. The third kappa shape index (κ3) is 4.67. The van der Waals surface area contributed by atoms with Crippen LogP contribution >= 0.6 is 23.1 Å². The summed E-state index contributed by atoms with van der Waals surface area (Å²) in [6, 6.07) is 18.1. The third-order valence-corrected chi connectivity index (χ3v) is 5.73. The Morgan fingerprint density at radius 2 is 1.76 bits per heavy atom. The molecule has 1 amide bonds. The van der Waals surface area contributed by atoms with E-state index >= 15 is 0 Å². The van der Waals surface area contributed by atoms with Gasteiger partial charge in [-0.1, -0.05) is 83.3 Å². The minimum absolute atomic E-state index is 0.0189. The molecular weight excluding hydrogens is 350 g/mol. The van der Waals surface area contributed by atoms with E-state index in [0.29, 0.717) is 0 Å². The zero-order valence-corrected chi connectivity index (χ0v) is 15.7. The second-order valence-corrected chi connectivity index (χ2v) is 8.15. The lowest BCUT2D eigenvalue weighted by molar-refractivity contribution is -0.120. The van der Waals surface area contributed by atoms with Gasteiger partial charge < -0.3 is 5.32 Å². The average molecular weight is 370 g/mol. The molecule has 6 heteroatoms. The molecule has 1 aromatic heterocycles. The number of aromatic nitrogens is 2. The zero-order chi connectivity index (χ0) is 17.6. The quantitative estimate of drug-likeness (QED) is 0.661. The van der Waals surface area contributed by atoms with Crippen LogP contribution in [0.5, 0.6) is 0 Å². The summed E-state index contributed by atoms with van der Waals surface area (Å²) in [6.45, 7) is 3.94. The molecule has 0 aliphatic rings. The summed E-state index contributed by atoms with van der Waals surface area (Å²) in [4.78, 5) is 12.7. The Labute approximate surface area is 155 Å². The van der Waals surface area contributed by atoms with Gasteiger partial charge >= 0.3 is 0 Å². The molecule has 0 spiro atoms. The number of carbonyl (C=O) groups excluding carboxylic acids is 1.